The third kappa shape index (κ3) is 3.79. The van der Waals surface area contributed by atoms with E-state index in [0.29, 0.717) is 0 Å². The first-order valence-corrected chi connectivity index (χ1v) is 12.2. The summed E-state index contributed by atoms with van der Waals surface area (Å²) in [6, 6.07) is 12.2. The maximum atomic E-state index is 6.27. The number of hydrogen-bond donors (Lipinski definition) is 0. The molecule has 0 N–H and O–H groups in total. The van der Waals surface area contributed by atoms with Gasteiger partial charge in [-0.25, -0.2) is 0 Å². The van der Waals surface area contributed by atoms with E-state index in [4.69, 9.17) is 23.2 Å². The largest absolute Gasteiger partial charge is 0.347 e. The van der Waals surface area contributed by atoms with Gasteiger partial charge in [0.05, 0.1) is 5.41 Å². The summed E-state index contributed by atoms with van der Waals surface area (Å²) in [6.07, 6.45) is 8.60. The molecule has 2 heterocycles. The van der Waals surface area contributed by atoms with Gasteiger partial charge in [0, 0.05) is 56.1 Å². The Morgan fingerprint density at radius 1 is 0.969 bits per heavy atom. The molecule has 0 unspecified atom stereocenters. The van der Waals surface area contributed by atoms with E-state index >= 15 is 0 Å². The summed E-state index contributed by atoms with van der Waals surface area (Å²) in [5.41, 5.74) is 7.12. The van der Waals surface area contributed by atoms with Gasteiger partial charge in [-0.15, -0.1) is 0 Å². The normalized spacial score (nSPS) is 20.5. The van der Waals surface area contributed by atoms with Gasteiger partial charge in [-0.05, 0) is 68.0 Å². The topological polar surface area (TPSA) is 6.25 Å². The zero-order valence-corrected chi connectivity index (χ0v) is 22.4. The van der Waals surface area contributed by atoms with Crippen LogP contribution in [0.5, 0.6) is 0 Å². The van der Waals surface area contributed by atoms with Crippen LogP contribution >= 0.6 is 39.1 Å². The number of likely N-dealkylation sites (N-methyl/N-ethyl adjacent to an activating group) is 1. The second-order valence-electron chi connectivity index (χ2n) is 9.51. The molecule has 2 aliphatic rings. The molecule has 2 aliphatic heterocycles. The van der Waals surface area contributed by atoms with Crippen LogP contribution in [0.3, 0.4) is 0 Å². The van der Waals surface area contributed by atoms with E-state index in [-0.39, 0.29) is 10.8 Å². The van der Waals surface area contributed by atoms with Crippen molar-refractivity contribution in [1.29, 1.82) is 0 Å². The van der Waals surface area contributed by atoms with Gasteiger partial charge >= 0.3 is 0 Å². The van der Waals surface area contributed by atoms with Gasteiger partial charge in [-0.2, -0.15) is 4.58 Å². The molecule has 32 heavy (non-hydrogen) atoms. The van der Waals surface area contributed by atoms with Crippen LogP contribution in [0.2, 0.25) is 10.0 Å². The van der Waals surface area contributed by atoms with Crippen molar-refractivity contribution in [2.75, 3.05) is 19.0 Å². The Balaban J connectivity index is 1.63. The van der Waals surface area contributed by atoms with Crippen molar-refractivity contribution in [2.45, 2.75) is 38.5 Å². The van der Waals surface area contributed by atoms with Gasteiger partial charge in [0.15, 0.2) is 5.71 Å². The lowest BCUT2D eigenvalue weighted by atomic mass is 9.81. The fraction of sp³-hybridized carbons (Fsp3) is 0.296. The molecule has 0 atom stereocenters. The SMILES string of the molecule is CN1/C(=C/C=C(Br)/C=C/C2=[N+](C)c3ccc(Cl)cc3C2(C)C)C(C)(C)c2cc(Cl)ccc21. The van der Waals surface area contributed by atoms with Crippen molar-refractivity contribution in [3.63, 3.8) is 0 Å². The van der Waals surface area contributed by atoms with E-state index in [2.05, 4.69) is 116 Å². The summed E-state index contributed by atoms with van der Waals surface area (Å²) in [5, 5.41) is 1.54. The fourth-order valence-corrected chi connectivity index (χ4v) is 5.60. The maximum Gasteiger partial charge on any atom is 0.209 e. The highest BCUT2D eigenvalue weighted by Crippen LogP contribution is 2.47. The monoisotopic (exact) mass is 529 g/mol. The molecular weight excluding hydrogens is 503 g/mol. The standard InChI is InChI=1S/C27H28BrCl2N2/c1-26(2)20-15-18(29)9-11-22(20)31(5)24(26)13-7-17(28)8-14-25-27(3,4)21-16-19(30)10-12-23(21)32(25)6/h7-16H,1-6H3/q+1. The molecule has 0 saturated heterocycles. The molecule has 0 aromatic heterocycles. The lowest BCUT2D eigenvalue weighted by molar-refractivity contribution is -0.401. The highest BCUT2D eigenvalue weighted by molar-refractivity contribution is 9.11. The average Bonchev–Trinajstić information content (AvgIpc) is 3.02. The highest BCUT2D eigenvalue weighted by Gasteiger charge is 2.43. The Morgan fingerprint density at radius 3 is 2.28 bits per heavy atom. The van der Waals surface area contributed by atoms with Crippen LogP contribution in [-0.4, -0.2) is 24.4 Å². The van der Waals surface area contributed by atoms with E-state index in [9.17, 15) is 0 Å². The summed E-state index contributed by atoms with van der Waals surface area (Å²) < 4.78 is 3.25. The fourth-order valence-electron chi connectivity index (χ4n) is 4.99. The minimum absolute atomic E-state index is 0.119. The molecule has 4 rings (SSSR count). The molecular formula is C27H28BrCl2N2+. The molecule has 2 nitrogen and oxygen atoms in total. The zero-order chi connectivity index (χ0) is 23.4. The molecule has 2 aromatic carbocycles. The van der Waals surface area contributed by atoms with Crippen LogP contribution in [-0.2, 0) is 10.8 Å². The van der Waals surface area contributed by atoms with E-state index < -0.39 is 0 Å². The van der Waals surface area contributed by atoms with Crippen LogP contribution in [0.15, 0.2) is 70.9 Å². The van der Waals surface area contributed by atoms with Gasteiger partial charge < -0.3 is 4.90 Å². The van der Waals surface area contributed by atoms with E-state index in [1.54, 1.807) is 0 Å². The third-order valence-electron chi connectivity index (χ3n) is 6.79. The Morgan fingerprint density at radius 2 is 1.59 bits per heavy atom. The van der Waals surface area contributed by atoms with E-state index in [0.717, 1.165) is 14.5 Å². The minimum Gasteiger partial charge on any atom is -0.347 e. The van der Waals surface area contributed by atoms with E-state index in [1.807, 2.05) is 12.1 Å². The predicted molar refractivity (Wildman–Crippen MR) is 142 cm³/mol. The number of anilines is 1. The molecule has 0 aliphatic carbocycles. The Labute approximate surface area is 209 Å². The summed E-state index contributed by atoms with van der Waals surface area (Å²) >= 11 is 16.3. The molecule has 0 saturated carbocycles. The lowest BCUT2D eigenvalue weighted by Gasteiger charge is -2.23. The van der Waals surface area contributed by atoms with Crippen molar-refractivity contribution in [3.05, 3.63) is 92.1 Å². The number of allylic oxidation sites excluding steroid dienone is 6. The van der Waals surface area contributed by atoms with Gasteiger partial charge in [-0.3, -0.25) is 0 Å². The first-order valence-electron chi connectivity index (χ1n) is 10.7. The Hall–Kier alpha value is -1.81. The van der Waals surface area contributed by atoms with Crippen LogP contribution in [0, 0.1) is 0 Å². The maximum absolute atomic E-state index is 6.27. The molecule has 0 radical (unpaired) electrons. The smallest absolute Gasteiger partial charge is 0.209 e. The van der Waals surface area contributed by atoms with Crippen LogP contribution < -0.4 is 4.90 Å². The van der Waals surface area contributed by atoms with Crippen LogP contribution in [0.1, 0.15) is 38.8 Å². The van der Waals surface area contributed by atoms with Crippen molar-refractivity contribution >= 4 is 56.2 Å². The summed E-state index contributed by atoms with van der Waals surface area (Å²) in [5.74, 6) is 0. The number of fused-ring (bicyclic) bond motifs is 2. The number of hydrogen-bond acceptors (Lipinski definition) is 1. The molecule has 0 fully saturated rings. The van der Waals surface area contributed by atoms with Crippen molar-refractivity contribution < 1.29 is 4.58 Å². The quantitative estimate of drug-likeness (QED) is 0.286. The molecule has 0 spiro atoms. The summed E-state index contributed by atoms with van der Waals surface area (Å²) in [6.45, 7) is 8.96. The van der Waals surface area contributed by atoms with Crippen molar-refractivity contribution in [3.8, 4) is 0 Å². The number of benzene rings is 2. The Bertz CT molecular complexity index is 1230. The molecule has 0 amide bonds. The summed E-state index contributed by atoms with van der Waals surface area (Å²) in [4.78, 5) is 2.25. The second-order valence-corrected chi connectivity index (χ2v) is 11.3. The van der Waals surface area contributed by atoms with Gasteiger partial charge in [-0.1, -0.05) is 53.0 Å². The van der Waals surface area contributed by atoms with Crippen molar-refractivity contribution in [1.82, 2.24) is 0 Å². The third-order valence-corrected chi connectivity index (χ3v) is 7.79. The average molecular weight is 531 g/mol. The first-order chi connectivity index (χ1) is 14.9. The molecule has 2 aromatic rings. The number of nitrogens with zero attached hydrogens (tertiary/aromatic N) is 2. The Kier molecular flexibility index (Phi) is 5.98. The molecule has 5 heteroatoms. The lowest BCUT2D eigenvalue weighted by Crippen LogP contribution is -2.26. The van der Waals surface area contributed by atoms with Crippen molar-refractivity contribution in [2.24, 2.45) is 0 Å². The van der Waals surface area contributed by atoms with Crippen LogP contribution in [0.4, 0.5) is 11.4 Å². The summed E-state index contributed by atoms with van der Waals surface area (Å²) in [7, 11) is 4.22. The second kappa shape index (κ2) is 8.20. The first kappa shape index (κ1) is 23.4. The molecule has 166 valence electrons. The van der Waals surface area contributed by atoms with Gasteiger partial charge in [0.2, 0.25) is 5.69 Å². The van der Waals surface area contributed by atoms with Crippen LogP contribution in [0.25, 0.3) is 0 Å². The predicted octanol–water partition coefficient (Wildman–Crippen LogP) is 8.15. The zero-order valence-electron chi connectivity index (χ0n) is 19.3. The number of rotatable bonds is 3. The molecule has 0 bridgehead atoms. The highest BCUT2D eigenvalue weighted by atomic mass is 79.9. The number of halogens is 3. The van der Waals surface area contributed by atoms with Gasteiger partial charge in [0.25, 0.3) is 0 Å². The minimum atomic E-state index is -0.119. The van der Waals surface area contributed by atoms with Gasteiger partial charge in [0.1, 0.15) is 7.05 Å². The van der Waals surface area contributed by atoms with E-state index in [1.165, 1.54) is 33.9 Å².